The van der Waals surface area contributed by atoms with Gasteiger partial charge < -0.3 is 40.5 Å². The molecule has 16 heteroatoms. The highest BCUT2D eigenvalue weighted by molar-refractivity contribution is 5.94. The van der Waals surface area contributed by atoms with E-state index in [1.165, 1.54) is 25.7 Å². The van der Waals surface area contributed by atoms with E-state index in [4.69, 9.17) is 9.47 Å². The summed E-state index contributed by atoms with van der Waals surface area (Å²) in [7, 11) is 0. The first kappa shape index (κ1) is 54.7. The Labute approximate surface area is 462 Å². The van der Waals surface area contributed by atoms with Crippen molar-refractivity contribution in [2.45, 2.75) is 204 Å². The molecule has 424 valence electrons. The second-order valence-corrected chi connectivity index (χ2v) is 25.2. The average molecular weight is 1070 g/mol. The van der Waals surface area contributed by atoms with Crippen molar-refractivity contribution in [3.8, 4) is 11.5 Å². The number of para-hydroxylation sites is 2. The molecule has 0 aromatic heterocycles. The topological polar surface area (TPSA) is 182 Å². The largest absolute Gasteiger partial charge is 0.493 e. The number of piperazine rings is 2. The fourth-order valence-corrected chi connectivity index (χ4v) is 15.0. The minimum atomic E-state index is -0.562. The second-order valence-electron chi connectivity index (χ2n) is 25.2. The molecule has 10 aliphatic rings. The molecule has 0 radical (unpaired) electrons. The number of piperidine rings is 2. The van der Waals surface area contributed by atoms with Crippen LogP contribution in [0.1, 0.15) is 166 Å². The SMILES string of the molecule is CC[C@@H](C)C(=O)N[C@H](C(=O)N1C[C@H]2C[C@@H]3C[C@@H]3N2C[C@H]1C(=O)N[C@@H]1CCOc2ccccc21)C1CCCCC1.CC[C@@H](C)C(=O)N[C@H](C(=O)N1C[C@H]2C[C@H]3C[C@H]3N2C[C@H]1C(=O)N[C@@H]1CCOc2ccccc21)C1CCCCC1. The fraction of sp³-hybridized carbons (Fsp3) is 0.710. The molecule has 4 N–H and O–H groups in total. The maximum absolute atomic E-state index is 14.4. The predicted octanol–water partition coefficient (Wildman–Crippen LogP) is 6.82. The Morgan fingerprint density at radius 3 is 1.32 bits per heavy atom. The molecular formula is C62H88N8O8. The summed E-state index contributed by atoms with van der Waals surface area (Å²) in [6.07, 6.45) is 18.0. The molecule has 14 atom stereocenters. The Balaban J connectivity index is 0.000000165. The number of nitrogens with one attached hydrogen (secondary N) is 4. The van der Waals surface area contributed by atoms with Crippen LogP contribution in [0.4, 0.5) is 0 Å². The van der Waals surface area contributed by atoms with Crippen LogP contribution < -0.4 is 30.7 Å². The van der Waals surface area contributed by atoms with Gasteiger partial charge in [0.05, 0.1) is 25.3 Å². The van der Waals surface area contributed by atoms with Crippen LogP contribution in [-0.4, -0.2) is 143 Å². The number of nitrogens with zero attached hydrogens (tertiary/aromatic N) is 4. The number of amides is 6. The van der Waals surface area contributed by atoms with Gasteiger partial charge in [0.2, 0.25) is 35.4 Å². The van der Waals surface area contributed by atoms with Gasteiger partial charge in [0.15, 0.2) is 0 Å². The maximum Gasteiger partial charge on any atom is 0.246 e. The molecule has 0 bridgehead atoms. The van der Waals surface area contributed by atoms with Crippen LogP contribution in [0.5, 0.6) is 11.5 Å². The van der Waals surface area contributed by atoms with Crippen molar-refractivity contribution in [2.24, 2.45) is 35.5 Å². The van der Waals surface area contributed by atoms with Crippen LogP contribution in [0.2, 0.25) is 0 Å². The van der Waals surface area contributed by atoms with Crippen molar-refractivity contribution < 1.29 is 38.2 Å². The summed E-state index contributed by atoms with van der Waals surface area (Å²) in [6.45, 7) is 11.2. The lowest BCUT2D eigenvalue weighted by Gasteiger charge is -2.46. The normalized spacial score (nSPS) is 31.6. The Morgan fingerprint density at radius 2 is 0.923 bits per heavy atom. The first-order valence-electron chi connectivity index (χ1n) is 30.7. The molecule has 4 saturated heterocycles. The van der Waals surface area contributed by atoms with E-state index in [0.29, 0.717) is 88.2 Å². The fourth-order valence-electron chi connectivity index (χ4n) is 15.0. The van der Waals surface area contributed by atoms with Crippen molar-refractivity contribution in [1.29, 1.82) is 0 Å². The van der Waals surface area contributed by atoms with Gasteiger partial charge >= 0.3 is 0 Å². The van der Waals surface area contributed by atoms with Gasteiger partial charge in [0, 0.05) is 86.2 Å². The van der Waals surface area contributed by atoms with Crippen LogP contribution in [0.25, 0.3) is 0 Å². The lowest BCUT2D eigenvalue weighted by atomic mass is 9.82. The van der Waals surface area contributed by atoms with Crippen LogP contribution >= 0.6 is 0 Å². The summed E-state index contributed by atoms with van der Waals surface area (Å²) in [5.74, 6) is 2.58. The van der Waals surface area contributed by atoms with Crippen LogP contribution in [0.3, 0.4) is 0 Å². The van der Waals surface area contributed by atoms with Gasteiger partial charge in [0.25, 0.3) is 0 Å². The van der Waals surface area contributed by atoms with Gasteiger partial charge in [-0.05, 0) is 100 Å². The van der Waals surface area contributed by atoms with Crippen molar-refractivity contribution in [1.82, 2.24) is 40.9 Å². The number of ether oxygens (including phenoxy) is 2. The highest BCUT2D eigenvalue weighted by Crippen LogP contribution is 2.51. The number of carbonyl (C=O) groups excluding carboxylic acids is 6. The van der Waals surface area contributed by atoms with Crippen LogP contribution in [0.15, 0.2) is 48.5 Å². The van der Waals surface area contributed by atoms with E-state index in [2.05, 4.69) is 31.1 Å². The molecule has 2 aromatic carbocycles. The summed E-state index contributed by atoms with van der Waals surface area (Å²) in [4.78, 5) is 91.7. The summed E-state index contributed by atoms with van der Waals surface area (Å²) in [6, 6.07) is 15.0. The molecule has 78 heavy (non-hydrogen) atoms. The van der Waals surface area contributed by atoms with Crippen molar-refractivity contribution in [3.63, 3.8) is 0 Å². The van der Waals surface area contributed by atoms with Crippen LogP contribution in [0, 0.1) is 35.5 Å². The average Bonchev–Trinajstić information content (AvgIpc) is 4.41. The Kier molecular flexibility index (Phi) is 16.7. The number of benzene rings is 2. The molecule has 6 aliphatic heterocycles. The van der Waals surface area contributed by atoms with E-state index >= 15 is 0 Å². The smallest absolute Gasteiger partial charge is 0.246 e. The Hall–Kier alpha value is -5.22. The number of hydrogen-bond donors (Lipinski definition) is 4. The predicted molar refractivity (Wildman–Crippen MR) is 296 cm³/mol. The third kappa shape index (κ3) is 11.5. The second kappa shape index (κ2) is 23.9. The summed E-state index contributed by atoms with van der Waals surface area (Å²) in [5, 5.41) is 12.9. The zero-order chi connectivity index (χ0) is 54.2. The summed E-state index contributed by atoms with van der Waals surface area (Å²) in [5.41, 5.74) is 1.99. The highest BCUT2D eigenvalue weighted by Gasteiger charge is 2.58. The number of fused-ring (bicyclic) bond motifs is 8. The summed E-state index contributed by atoms with van der Waals surface area (Å²) < 4.78 is 11.6. The van der Waals surface area contributed by atoms with Crippen LogP contribution in [-0.2, 0) is 28.8 Å². The lowest BCUT2D eigenvalue weighted by molar-refractivity contribution is -0.150. The third-order valence-corrected chi connectivity index (χ3v) is 20.3. The van der Waals surface area contributed by atoms with Crippen molar-refractivity contribution >= 4 is 35.4 Å². The number of hydrogen-bond acceptors (Lipinski definition) is 10. The monoisotopic (exact) mass is 1070 g/mol. The highest BCUT2D eigenvalue weighted by atomic mass is 16.5. The number of rotatable bonds is 14. The van der Waals surface area contributed by atoms with Gasteiger partial charge in [0.1, 0.15) is 35.7 Å². The lowest BCUT2D eigenvalue weighted by Crippen LogP contribution is -2.67. The van der Waals surface area contributed by atoms with Crippen molar-refractivity contribution in [3.05, 3.63) is 59.7 Å². The Bertz CT molecular complexity index is 2350. The molecule has 6 amide bonds. The van der Waals surface area contributed by atoms with E-state index < -0.39 is 24.2 Å². The molecule has 6 heterocycles. The molecule has 8 fully saturated rings. The van der Waals surface area contributed by atoms with Gasteiger partial charge in [-0.15, -0.1) is 0 Å². The first-order valence-corrected chi connectivity index (χ1v) is 30.7. The number of carbonyl (C=O) groups is 6. The van der Waals surface area contributed by atoms with E-state index in [0.717, 1.165) is 99.7 Å². The van der Waals surface area contributed by atoms with Gasteiger partial charge in [-0.25, -0.2) is 0 Å². The van der Waals surface area contributed by atoms with Crippen molar-refractivity contribution in [2.75, 3.05) is 39.4 Å². The molecular weight excluding hydrogens is 985 g/mol. The molecule has 2 aromatic rings. The van der Waals surface area contributed by atoms with Gasteiger partial charge in [-0.3, -0.25) is 38.6 Å². The van der Waals surface area contributed by atoms with E-state index in [1.807, 2.05) is 86.0 Å². The molecule has 4 aliphatic carbocycles. The minimum absolute atomic E-state index is 0.0537. The molecule has 16 nitrogen and oxygen atoms in total. The molecule has 0 spiro atoms. The van der Waals surface area contributed by atoms with Gasteiger partial charge in [-0.2, -0.15) is 0 Å². The zero-order valence-electron chi connectivity index (χ0n) is 46.9. The van der Waals surface area contributed by atoms with Gasteiger partial charge in [-0.1, -0.05) is 103 Å². The third-order valence-electron chi connectivity index (χ3n) is 20.3. The maximum atomic E-state index is 14.4. The van der Waals surface area contributed by atoms with E-state index in [-0.39, 0.29) is 71.2 Å². The van der Waals surface area contributed by atoms with E-state index in [1.54, 1.807) is 0 Å². The molecule has 0 unspecified atom stereocenters. The standard InChI is InChI=1S/2C31H44N4O4/c2*1-3-19(2)29(36)33-28(20-9-5-4-6-10-20)31(38)35-17-22-15-21-16-25(21)34(22)18-26(35)30(37)32-24-13-14-39-27-12-8-7-11-23(24)27/h2*7-8,11-12,19-22,24-26,28H,3-6,9-10,13-18H2,1-2H3,(H,32,37)(H,33,36)/t19-,21+,22-,24-,25-,26+,28+;19-,21-,22-,24-,25+,26+,28+/m11/s1. The Morgan fingerprint density at radius 1 is 0.526 bits per heavy atom. The molecule has 12 rings (SSSR count). The minimum Gasteiger partial charge on any atom is -0.493 e. The summed E-state index contributed by atoms with van der Waals surface area (Å²) >= 11 is 0. The first-order chi connectivity index (χ1) is 37.9. The quantitative estimate of drug-likeness (QED) is 0.157. The molecule has 4 saturated carbocycles. The zero-order valence-corrected chi connectivity index (χ0v) is 46.9. The van der Waals surface area contributed by atoms with E-state index in [9.17, 15) is 28.8 Å².